The lowest BCUT2D eigenvalue weighted by molar-refractivity contribution is 0.415. The van der Waals surface area contributed by atoms with Gasteiger partial charge in [-0.15, -0.1) is 21.5 Å². The Morgan fingerprint density at radius 3 is 2.90 bits per heavy atom. The summed E-state index contributed by atoms with van der Waals surface area (Å²) in [7, 11) is 1.66. The molecule has 21 heavy (non-hydrogen) atoms. The number of rotatable bonds is 3. The third-order valence-corrected chi connectivity index (χ3v) is 4.86. The van der Waals surface area contributed by atoms with E-state index in [2.05, 4.69) is 15.3 Å². The summed E-state index contributed by atoms with van der Waals surface area (Å²) in [4.78, 5) is 1.85. The van der Waals surface area contributed by atoms with Crippen LogP contribution in [0.3, 0.4) is 0 Å². The van der Waals surface area contributed by atoms with Crippen molar-refractivity contribution in [3.8, 4) is 27.0 Å². The maximum Gasteiger partial charge on any atom is 0.235 e. The summed E-state index contributed by atoms with van der Waals surface area (Å²) in [6.07, 6.45) is 0. The van der Waals surface area contributed by atoms with Crippen molar-refractivity contribution in [2.45, 2.75) is 0 Å². The molecular formula is C14H10N4OS2. The predicted octanol–water partition coefficient (Wildman–Crippen LogP) is 3.59. The maximum atomic E-state index is 5.26. The minimum atomic E-state index is 0.783. The fourth-order valence-corrected chi connectivity index (χ4v) is 3.58. The highest BCUT2D eigenvalue weighted by Gasteiger charge is 2.15. The fourth-order valence-electron chi connectivity index (χ4n) is 2.05. The molecule has 0 atom stereocenters. The Hall–Kier alpha value is -2.25. The number of thiophene rings is 1. The number of methoxy groups -OCH3 is 1. The molecule has 4 rings (SSSR count). The van der Waals surface area contributed by atoms with Crippen LogP contribution in [0.15, 0.2) is 41.8 Å². The first-order valence-electron chi connectivity index (χ1n) is 6.26. The molecule has 7 heteroatoms. The maximum absolute atomic E-state index is 5.26. The average Bonchev–Trinajstić information content (AvgIpc) is 3.23. The van der Waals surface area contributed by atoms with Crippen LogP contribution in [0.4, 0.5) is 0 Å². The van der Waals surface area contributed by atoms with Gasteiger partial charge in [-0.05, 0) is 23.6 Å². The van der Waals surface area contributed by atoms with Gasteiger partial charge < -0.3 is 4.74 Å². The molecule has 0 aliphatic heterocycles. The molecule has 0 saturated heterocycles. The van der Waals surface area contributed by atoms with E-state index < -0.39 is 0 Å². The third kappa shape index (κ3) is 2.10. The Morgan fingerprint density at radius 1 is 1.14 bits per heavy atom. The highest BCUT2D eigenvalue weighted by molar-refractivity contribution is 7.19. The van der Waals surface area contributed by atoms with Crippen LogP contribution in [0.5, 0.6) is 5.75 Å². The highest BCUT2D eigenvalue weighted by Crippen LogP contribution is 2.30. The molecule has 0 aliphatic rings. The Balaban J connectivity index is 1.84. The molecule has 4 aromatic rings. The lowest BCUT2D eigenvalue weighted by Crippen LogP contribution is -1.89. The van der Waals surface area contributed by atoms with Crippen molar-refractivity contribution < 1.29 is 4.74 Å². The Bertz CT molecular complexity index is 895. The van der Waals surface area contributed by atoms with Crippen molar-refractivity contribution in [3.05, 3.63) is 41.8 Å². The first-order chi connectivity index (χ1) is 10.3. The summed E-state index contributed by atoms with van der Waals surface area (Å²) < 4.78 is 7.06. The van der Waals surface area contributed by atoms with Gasteiger partial charge in [-0.3, -0.25) is 0 Å². The van der Waals surface area contributed by atoms with Gasteiger partial charge in [0.25, 0.3) is 0 Å². The van der Waals surface area contributed by atoms with Crippen molar-refractivity contribution in [1.29, 1.82) is 0 Å². The number of hydrogen-bond donors (Lipinski definition) is 0. The summed E-state index contributed by atoms with van der Waals surface area (Å²) >= 11 is 3.14. The fraction of sp³-hybridized carbons (Fsp3) is 0.0714. The topological polar surface area (TPSA) is 52.3 Å². The van der Waals surface area contributed by atoms with Gasteiger partial charge in [-0.1, -0.05) is 29.5 Å². The summed E-state index contributed by atoms with van der Waals surface area (Å²) in [5.41, 5.74) is 1.02. The molecule has 0 aliphatic carbocycles. The molecule has 0 unspecified atom stereocenters. The van der Waals surface area contributed by atoms with Crippen LogP contribution < -0.4 is 4.74 Å². The molecule has 0 amide bonds. The minimum absolute atomic E-state index is 0.783. The van der Waals surface area contributed by atoms with Crippen LogP contribution in [-0.2, 0) is 0 Å². The molecule has 0 saturated carbocycles. The number of hydrogen-bond acceptors (Lipinski definition) is 6. The average molecular weight is 314 g/mol. The van der Waals surface area contributed by atoms with Gasteiger partial charge in [0.15, 0.2) is 5.82 Å². The molecule has 0 radical (unpaired) electrons. The van der Waals surface area contributed by atoms with Crippen molar-refractivity contribution in [2.24, 2.45) is 0 Å². The van der Waals surface area contributed by atoms with Crippen LogP contribution in [-0.4, -0.2) is 26.9 Å². The van der Waals surface area contributed by atoms with Crippen molar-refractivity contribution in [1.82, 2.24) is 19.8 Å². The van der Waals surface area contributed by atoms with Gasteiger partial charge >= 0.3 is 0 Å². The predicted molar refractivity (Wildman–Crippen MR) is 84.0 cm³/mol. The summed E-state index contributed by atoms with van der Waals surface area (Å²) in [6, 6.07) is 11.9. The molecule has 0 spiro atoms. The molecule has 0 fully saturated rings. The third-order valence-electron chi connectivity index (χ3n) is 3.05. The van der Waals surface area contributed by atoms with Gasteiger partial charge in [-0.25, -0.2) is 0 Å². The van der Waals surface area contributed by atoms with E-state index in [1.807, 2.05) is 41.8 Å². The van der Waals surface area contributed by atoms with E-state index in [-0.39, 0.29) is 0 Å². The molecule has 3 aromatic heterocycles. The number of nitrogens with zero attached hydrogens (tertiary/aromatic N) is 4. The van der Waals surface area contributed by atoms with Crippen molar-refractivity contribution >= 4 is 27.6 Å². The second-order valence-corrected chi connectivity index (χ2v) is 6.24. The van der Waals surface area contributed by atoms with Crippen LogP contribution in [0.1, 0.15) is 0 Å². The normalized spacial score (nSPS) is 11.1. The quantitative estimate of drug-likeness (QED) is 0.580. The Morgan fingerprint density at radius 2 is 2.10 bits per heavy atom. The van der Waals surface area contributed by atoms with E-state index in [0.29, 0.717) is 0 Å². The van der Waals surface area contributed by atoms with E-state index in [1.54, 1.807) is 23.0 Å². The van der Waals surface area contributed by atoms with Crippen LogP contribution in [0.2, 0.25) is 0 Å². The lowest BCUT2D eigenvalue weighted by Gasteiger charge is -2.00. The first kappa shape index (κ1) is 12.5. The van der Waals surface area contributed by atoms with E-state index in [1.165, 1.54) is 11.3 Å². The minimum Gasteiger partial charge on any atom is -0.497 e. The van der Waals surface area contributed by atoms with E-state index in [4.69, 9.17) is 4.74 Å². The molecule has 0 N–H and O–H groups in total. The summed E-state index contributed by atoms with van der Waals surface area (Å²) in [6.45, 7) is 0. The molecule has 3 heterocycles. The highest BCUT2D eigenvalue weighted by atomic mass is 32.1. The standard InChI is InChI=1S/C14H10N4OS2/c1-19-10-5-2-4-9(8-10)13-17-18-12(11-6-3-7-20-11)15-16-14(18)21-13/h2-8H,1H3. The molecule has 1 aromatic carbocycles. The number of ether oxygens (including phenoxy) is 1. The smallest absolute Gasteiger partial charge is 0.235 e. The Labute approximate surface area is 128 Å². The van der Waals surface area contributed by atoms with E-state index in [9.17, 15) is 0 Å². The van der Waals surface area contributed by atoms with Gasteiger partial charge in [0.1, 0.15) is 10.8 Å². The second kappa shape index (κ2) is 4.94. The first-order valence-corrected chi connectivity index (χ1v) is 7.95. The lowest BCUT2D eigenvalue weighted by atomic mass is 10.2. The van der Waals surface area contributed by atoms with Gasteiger partial charge in [0.2, 0.25) is 4.96 Å². The monoisotopic (exact) mass is 314 g/mol. The largest absolute Gasteiger partial charge is 0.497 e. The molecule has 5 nitrogen and oxygen atoms in total. The van der Waals surface area contributed by atoms with Crippen LogP contribution >= 0.6 is 22.7 Å². The molecule has 104 valence electrons. The van der Waals surface area contributed by atoms with Crippen molar-refractivity contribution in [2.75, 3.05) is 7.11 Å². The van der Waals surface area contributed by atoms with Crippen LogP contribution in [0.25, 0.3) is 26.2 Å². The van der Waals surface area contributed by atoms with Gasteiger partial charge in [0, 0.05) is 5.56 Å². The Kier molecular flexibility index (Phi) is 2.94. The zero-order valence-electron chi connectivity index (χ0n) is 11.1. The number of fused-ring (bicyclic) bond motifs is 1. The summed E-state index contributed by atoms with van der Waals surface area (Å²) in [5.74, 6) is 1.60. The van der Waals surface area contributed by atoms with Gasteiger partial charge in [-0.2, -0.15) is 9.61 Å². The zero-order valence-corrected chi connectivity index (χ0v) is 12.7. The van der Waals surface area contributed by atoms with E-state index in [0.717, 1.165) is 32.0 Å². The molecule has 0 bridgehead atoms. The summed E-state index contributed by atoms with van der Waals surface area (Å²) in [5, 5.41) is 16.0. The SMILES string of the molecule is COc1cccc(-c2nn3c(-c4cccs4)nnc3s2)c1. The van der Waals surface area contributed by atoms with E-state index >= 15 is 0 Å². The van der Waals surface area contributed by atoms with Crippen molar-refractivity contribution in [3.63, 3.8) is 0 Å². The number of aromatic nitrogens is 4. The molecular weight excluding hydrogens is 304 g/mol. The van der Waals surface area contributed by atoms with Crippen LogP contribution in [0, 0.1) is 0 Å². The van der Waals surface area contributed by atoms with Gasteiger partial charge in [0.05, 0.1) is 12.0 Å². The second-order valence-electron chi connectivity index (χ2n) is 4.33. The number of benzene rings is 1. The zero-order chi connectivity index (χ0) is 14.2.